The number of carbonyl (C=O) groups is 1. The third-order valence-electron chi connectivity index (χ3n) is 3.95. The van der Waals surface area contributed by atoms with Crippen molar-refractivity contribution < 1.29 is 9.90 Å². The number of nitrogens with zero attached hydrogens (tertiary/aromatic N) is 1. The van der Waals surface area contributed by atoms with Crippen molar-refractivity contribution in [1.29, 1.82) is 0 Å². The Kier molecular flexibility index (Phi) is 2.51. The van der Waals surface area contributed by atoms with Gasteiger partial charge in [0, 0.05) is 29.7 Å². The molecule has 3 rings (SSSR count). The second-order valence-electron chi connectivity index (χ2n) is 4.89. The standard InChI is InChI=1S/C14H16N2O2/c1-9-10(14(17)18)6-7-16(9)13-8-15-12-5-3-2-4-11(12)13/h2-5,8-10,15H,6-7H2,1H3,(H,17,18)/t9-,10+/m1/s1. The lowest BCUT2D eigenvalue weighted by atomic mass is 10.0. The van der Waals surface area contributed by atoms with Crippen molar-refractivity contribution in [2.24, 2.45) is 5.92 Å². The second-order valence-corrected chi connectivity index (χ2v) is 4.89. The number of anilines is 1. The van der Waals surface area contributed by atoms with Gasteiger partial charge >= 0.3 is 5.97 Å². The number of H-pyrrole nitrogens is 1. The number of nitrogens with one attached hydrogen (secondary N) is 1. The van der Waals surface area contributed by atoms with E-state index in [0.29, 0.717) is 0 Å². The number of carboxylic acids is 1. The first-order chi connectivity index (χ1) is 8.68. The molecule has 1 aromatic heterocycles. The van der Waals surface area contributed by atoms with Crippen molar-refractivity contribution in [3.63, 3.8) is 0 Å². The Balaban J connectivity index is 1.99. The van der Waals surface area contributed by atoms with Crippen LogP contribution in [0.15, 0.2) is 30.5 Å². The van der Waals surface area contributed by atoms with Crippen LogP contribution in [0.4, 0.5) is 5.69 Å². The van der Waals surface area contributed by atoms with Gasteiger partial charge in [0.15, 0.2) is 0 Å². The molecule has 2 heterocycles. The highest BCUT2D eigenvalue weighted by Gasteiger charge is 2.36. The molecule has 0 radical (unpaired) electrons. The zero-order valence-corrected chi connectivity index (χ0v) is 10.3. The lowest BCUT2D eigenvalue weighted by Gasteiger charge is -2.24. The van der Waals surface area contributed by atoms with Gasteiger partial charge in [0.05, 0.1) is 11.6 Å². The molecule has 0 aliphatic carbocycles. The fourth-order valence-electron chi connectivity index (χ4n) is 2.90. The van der Waals surface area contributed by atoms with Crippen molar-refractivity contribution in [3.05, 3.63) is 30.5 Å². The van der Waals surface area contributed by atoms with Gasteiger partial charge < -0.3 is 15.0 Å². The molecule has 0 unspecified atom stereocenters. The third kappa shape index (κ3) is 1.56. The molecule has 1 fully saturated rings. The summed E-state index contributed by atoms with van der Waals surface area (Å²) in [6.45, 7) is 2.80. The van der Waals surface area contributed by atoms with Gasteiger partial charge in [0.25, 0.3) is 0 Å². The van der Waals surface area contributed by atoms with Gasteiger partial charge in [-0.15, -0.1) is 0 Å². The van der Waals surface area contributed by atoms with E-state index in [1.165, 1.54) is 0 Å². The molecule has 1 aliphatic heterocycles. The van der Waals surface area contributed by atoms with Crippen molar-refractivity contribution in [1.82, 2.24) is 4.98 Å². The van der Waals surface area contributed by atoms with Gasteiger partial charge in [0.1, 0.15) is 0 Å². The first-order valence-electron chi connectivity index (χ1n) is 6.24. The summed E-state index contributed by atoms with van der Waals surface area (Å²) >= 11 is 0. The van der Waals surface area contributed by atoms with Crippen LogP contribution in [0.25, 0.3) is 10.9 Å². The average molecular weight is 244 g/mol. The topological polar surface area (TPSA) is 56.3 Å². The molecule has 18 heavy (non-hydrogen) atoms. The van der Waals surface area contributed by atoms with Crippen LogP contribution in [-0.4, -0.2) is 28.6 Å². The van der Waals surface area contributed by atoms with E-state index in [2.05, 4.69) is 16.0 Å². The minimum Gasteiger partial charge on any atom is -0.481 e. The fraction of sp³-hybridized carbons (Fsp3) is 0.357. The number of fused-ring (bicyclic) bond motifs is 1. The van der Waals surface area contributed by atoms with E-state index in [4.69, 9.17) is 0 Å². The molecule has 4 heteroatoms. The van der Waals surface area contributed by atoms with E-state index in [0.717, 1.165) is 29.6 Å². The maximum atomic E-state index is 11.2. The molecule has 0 bridgehead atoms. The van der Waals surface area contributed by atoms with E-state index < -0.39 is 5.97 Å². The van der Waals surface area contributed by atoms with E-state index in [-0.39, 0.29) is 12.0 Å². The Bertz CT molecular complexity index is 590. The molecule has 94 valence electrons. The molecule has 1 aromatic carbocycles. The number of aliphatic carboxylic acids is 1. The molecule has 0 spiro atoms. The summed E-state index contributed by atoms with van der Waals surface area (Å²) in [5.41, 5.74) is 2.21. The van der Waals surface area contributed by atoms with Crippen LogP contribution >= 0.6 is 0 Å². The van der Waals surface area contributed by atoms with Gasteiger partial charge in [-0.05, 0) is 19.4 Å². The Labute approximate surface area is 105 Å². The van der Waals surface area contributed by atoms with Crippen LogP contribution in [-0.2, 0) is 4.79 Å². The van der Waals surface area contributed by atoms with E-state index in [9.17, 15) is 9.90 Å². The predicted octanol–water partition coefficient (Wildman–Crippen LogP) is 2.47. The lowest BCUT2D eigenvalue weighted by molar-refractivity contribution is -0.141. The van der Waals surface area contributed by atoms with Crippen molar-refractivity contribution >= 4 is 22.6 Å². The molecular formula is C14H16N2O2. The van der Waals surface area contributed by atoms with Crippen LogP contribution < -0.4 is 4.90 Å². The zero-order valence-electron chi connectivity index (χ0n) is 10.3. The van der Waals surface area contributed by atoms with Crippen molar-refractivity contribution in [2.45, 2.75) is 19.4 Å². The number of hydrogen-bond donors (Lipinski definition) is 2. The molecule has 4 nitrogen and oxygen atoms in total. The molecule has 2 N–H and O–H groups in total. The minimum absolute atomic E-state index is 0.0432. The molecule has 2 atom stereocenters. The van der Waals surface area contributed by atoms with E-state index >= 15 is 0 Å². The third-order valence-corrected chi connectivity index (χ3v) is 3.95. The van der Waals surface area contributed by atoms with Gasteiger partial charge in [-0.25, -0.2) is 0 Å². The molecule has 1 saturated heterocycles. The summed E-state index contributed by atoms with van der Waals surface area (Å²) in [6.07, 6.45) is 2.70. The monoisotopic (exact) mass is 244 g/mol. The van der Waals surface area contributed by atoms with Gasteiger partial charge in [-0.1, -0.05) is 18.2 Å². The van der Waals surface area contributed by atoms with Crippen LogP contribution in [0.3, 0.4) is 0 Å². The fourth-order valence-corrected chi connectivity index (χ4v) is 2.90. The summed E-state index contributed by atoms with van der Waals surface area (Å²) in [6, 6.07) is 8.16. The number of hydrogen-bond acceptors (Lipinski definition) is 2. The first-order valence-corrected chi connectivity index (χ1v) is 6.24. The SMILES string of the molecule is C[C@@H]1[C@@H](C(=O)O)CCN1c1c[nH]c2ccccc12. The molecular weight excluding hydrogens is 228 g/mol. The maximum absolute atomic E-state index is 11.2. The van der Waals surface area contributed by atoms with Crippen LogP contribution in [0.2, 0.25) is 0 Å². The Morgan fingerprint density at radius 3 is 2.94 bits per heavy atom. The smallest absolute Gasteiger partial charge is 0.308 e. The molecule has 2 aromatic rings. The van der Waals surface area contributed by atoms with Crippen molar-refractivity contribution in [3.8, 4) is 0 Å². The highest BCUT2D eigenvalue weighted by atomic mass is 16.4. The van der Waals surface area contributed by atoms with Crippen LogP contribution in [0.1, 0.15) is 13.3 Å². The Morgan fingerprint density at radius 2 is 2.22 bits per heavy atom. The zero-order chi connectivity index (χ0) is 12.7. The van der Waals surface area contributed by atoms with Gasteiger partial charge in [-0.3, -0.25) is 4.79 Å². The minimum atomic E-state index is -0.690. The van der Waals surface area contributed by atoms with Gasteiger partial charge in [0.2, 0.25) is 0 Å². The number of aromatic nitrogens is 1. The molecule has 0 saturated carbocycles. The molecule has 0 amide bonds. The summed E-state index contributed by atoms with van der Waals surface area (Å²) < 4.78 is 0. The number of benzene rings is 1. The number of rotatable bonds is 2. The Morgan fingerprint density at radius 1 is 1.44 bits per heavy atom. The van der Waals surface area contributed by atoms with E-state index in [1.54, 1.807) is 0 Å². The summed E-state index contributed by atoms with van der Waals surface area (Å²) in [5, 5.41) is 10.3. The van der Waals surface area contributed by atoms with Gasteiger partial charge in [-0.2, -0.15) is 0 Å². The normalized spacial score (nSPS) is 23.7. The first kappa shape index (κ1) is 11.1. The van der Waals surface area contributed by atoms with Crippen LogP contribution in [0, 0.1) is 5.92 Å². The maximum Gasteiger partial charge on any atom is 0.308 e. The summed E-state index contributed by atoms with van der Waals surface area (Å²) in [7, 11) is 0. The quantitative estimate of drug-likeness (QED) is 0.853. The highest BCUT2D eigenvalue weighted by Crippen LogP contribution is 2.34. The average Bonchev–Trinajstić information content (AvgIpc) is 2.92. The summed E-state index contributed by atoms with van der Waals surface area (Å²) in [5.74, 6) is -0.955. The largest absolute Gasteiger partial charge is 0.481 e. The summed E-state index contributed by atoms with van der Waals surface area (Å²) in [4.78, 5) is 16.6. The van der Waals surface area contributed by atoms with Crippen molar-refractivity contribution in [2.75, 3.05) is 11.4 Å². The lowest BCUT2D eigenvalue weighted by Crippen LogP contribution is -2.32. The molecule has 1 aliphatic rings. The number of aromatic amines is 1. The number of para-hydroxylation sites is 1. The highest BCUT2D eigenvalue weighted by molar-refractivity contribution is 5.93. The van der Waals surface area contributed by atoms with E-state index in [1.807, 2.05) is 31.3 Å². The van der Waals surface area contributed by atoms with Crippen LogP contribution in [0.5, 0.6) is 0 Å². The predicted molar refractivity (Wildman–Crippen MR) is 70.8 cm³/mol. The number of carboxylic acid groups (broad SMARTS) is 1. The Hall–Kier alpha value is -1.97. The second kappa shape index (κ2) is 4.05.